The third-order valence-electron chi connectivity index (χ3n) is 3.43. The predicted molar refractivity (Wildman–Crippen MR) is 97.6 cm³/mol. The van der Waals surface area contributed by atoms with Crippen LogP contribution in [-0.2, 0) is 30.3 Å². The van der Waals surface area contributed by atoms with Crippen LogP contribution in [0.4, 0.5) is 0 Å². The Morgan fingerprint density at radius 1 is 1.08 bits per heavy atom. The van der Waals surface area contributed by atoms with Gasteiger partial charge in [0.25, 0.3) is 10.1 Å². The summed E-state index contributed by atoms with van der Waals surface area (Å²) in [5.74, 6) is -0.681. The molecule has 0 saturated carbocycles. The van der Waals surface area contributed by atoms with E-state index in [-0.39, 0.29) is 17.9 Å². The van der Waals surface area contributed by atoms with E-state index in [1.165, 1.54) is 12.1 Å². The molecule has 2 rings (SSSR count). The molecule has 0 aliphatic rings. The standard InChI is InChI=1S/C18H19BrO5S/c1-2-23-18(20)17(13-8-14-6-4-3-5-7-14)24-25(21,22)16-11-9-15(19)10-12-16/h3-7,9-12,17H,2,8,13H2,1H3/t17-/m1/s1. The Kier molecular flexibility index (Phi) is 7.16. The smallest absolute Gasteiger partial charge is 0.336 e. The molecule has 25 heavy (non-hydrogen) atoms. The summed E-state index contributed by atoms with van der Waals surface area (Å²) in [5, 5.41) is 0. The fourth-order valence-corrected chi connectivity index (χ4v) is 3.52. The molecule has 0 aliphatic carbocycles. The van der Waals surface area contributed by atoms with Crippen molar-refractivity contribution in [2.45, 2.75) is 30.8 Å². The quantitative estimate of drug-likeness (QED) is 0.475. The van der Waals surface area contributed by atoms with Crippen LogP contribution < -0.4 is 0 Å². The highest BCUT2D eigenvalue weighted by molar-refractivity contribution is 9.10. The molecule has 0 heterocycles. The monoisotopic (exact) mass is 426 g/mol. The second-order valence-electron chi connectivity index (χ2n) is 5.27. The Morgan fingerprint density at radius 3 is 2.32 bits per heavy atom. The first-order valence-corrected chi connectivity index (χ1v) is 10.0. The lowest BCUT2D eigenvalue weighted by Gasteiger charge is -2.16. The van der Waals surface area contributed by atoms with Crippen LogP contribution in [0.3, 0.4) is 0 Å². The maximum absolute atomic E-state index is 12.4. The van der Waals surface area contributed by atoms with Crippen LogP contribution in [0.15, 0.2) is 64.0 Å². The van der Waals surface area contributed by atoms with Crippen molar-refractivity contribution in [1.82, 2.24) is 0 Å². The lowest BCUT2D eigenvalue weighted by atomic mass is 10.1. The largest absolute Gasteiger partial charge is 0.464 e. The maximum Gasteiger partial charge on any atom is 0.336 e. The lowest BCUT2D eigenvalue weighted by Crippen LogP contribution is -2.30. The molecule has 0 fully saturated rings. The molecule has 5 nitrogen and oxygen atoms in total. The van der Waals surface area contributed by atoms with Crippen molar-refractivity contribution < 1.29 is 22.1 Å². The van der Waals surface area contributed by atoms with Crippen molar-refractivity contribution in [3.05, 3.63) is 64.6 Å². The van der Waals surface area contributed by atoms with Crippen LogP contribution in [0.25, 0.3) is 0 Å². The summed E-state index contributed by atoms with van der Waals surface area (Å²) in [6.45, 7) is 1.82. The van der Waals surface area contributed by atoms with Gasteiger partial charge in [0.15, 0.2) is 6.10 Å². The Hall–Kier alpha value is -1.70. The molecule has 0 unspecified atom stereocenters. The van der Waals surface area contributed by atoms with E-state index in [4.69, 9.17) is 8.92 Å². The molecule has 0 bridgehead atoms. The summed E-state index contributed by atoms with van der Waals surface area (Å²) in [5.41, 5.74) is 0.987. The van der Waals surface area contributed by atoms with Crippen LogP contribution in [0, 0.1) is 0 Å². The summed E-state index contributed by atoms with van der Waals surface area (Å²) in [7, 11) is -4.07. The molecule has 2 aromatic carbocycles. The van der Waals surface area contributed by atoms with Gasteiger partial charge >= 0.3 is 5.97 Å². The van der Waals surface area contributed by atoms with Gasteiger partial charge in [-0.25, -0.2) is 4.79 Å². The van der Waals surface area contributed by atoms with Gasteiger partial charge in [-0.1, -0.05) is 46.3 Å². The van der Waals surface area contributed by atoms with Crippen LogP contribution in [0.2, 0.25) is 0 Å². The van der Waals surface area contributed by atoms with Gasteiger partial charge in [0.1, 0.15) is 0 Å². The molecule has 0 amide bonds. The van der Waals surface area contributed by atoms with Crippen molar-refractivity contribution in [1.29, 1.82) is 0 Å². The van der Waals surface area contributed by atoms with E-state index in [2.05, 4.69) is 15.9 Å². The molecule has 134 valence electrons. The number of esters is 1. The number of benzene rings is 2. The number of aryl methyl sites for hydroxylation is 1. The number of halogens is 1. The van der Waals surface area contributed by atoms with E-state index in [0.717, 1.165) is 10.0 Å². The summed E-state index contributed by atoms with van der Waals surface area (Å²) in [6.07, 6.45) is -0.479. The Labute approximate surface area is 156 Å². The van der Waals surface area contributed by atoms with Crippen LogP contribution >= 0.6 is 15.9 Å². The van der Waals surface area contributed by atoms with E-state index in [0.29, 0.717) is 6.42 Å². The zero-order valence-corrected chi connectivity index (χ0v) is 16.1. The maximum atomic E-state index is 12.4. The first-order valence-electron chi connectivity index (χ1n) is 7.82. The number of ether oxygens (including phenoxy) is 1. The lowest BCUT2D eigenvalue weighted by molar-refractivity contribution is -0.151. The topological polar surface area (TPSA) is 69.7 Å². The summed E-state index contributed by atoms with van der Waals surface area (Å²) >= 11 is 3.25. The average Bonchev–Trinajstić information content (AvgIpc) is 2.60. The minimum absolute atomic E-state index is 0.00953. The fourth-order valence-electron chi connectivity index (χ4n) is 2.19. The molecule has 0 aliphatic heterocycles. The van der Waals surface area contributed by atoms with E-state index in [1.807, 2.05) is 30.3 Å². The van der Waals surface area contributed by atoms with E-state index in [1.54, 1.807) is 19.1 Å². The molecule has 7 heteroatoms. The van der Waals surface area contributed by atoms with Crippen LogP contribution in [-0.4, -0.2) is 27.1 Å². The second-order valence-corrected chi connectivity index (χ2v) is 7.76. The Bertz CT molecular complexity index is 788. The normalized spacial score (nSPS) is 12.6. The van der Waals surface area contributed by atoms with Crippen LogP contribution in [0.5, 0.6) is 0 Å². The number of carbonyl (C=O) groups excluding carboxylic acids is 1. The van der Waals surface area contributed by atoms with Gasteiger partial charge in [0, 0.05) is 4.47 Å². The molecule has 0 spiro atoms. The molecule has 0 radical (unpaired) electrons. The Morgan fingerprint density at radius 2 is 1.72 bits per heavy atom. The number of carbonyl (C=O) groups is 1. The van der Waals surface area contributed by atoms with Gasteiger partial charge in [-0.05, 0) is 49.6 Å². The molecule has 0 aromatic heterocycles. The highest BCUT2D eigenvalue weighted by Crippen LogP contribution is 2.20. The SMILES string of the molecule is CCOC(=O)[C@@H](CCc1ccccc1)OS(=O)(=O)c1ccc(Br)cc1. The van der Waals surface area contributed by atoms with Gasteiger partial charge < -0.3 is 4.74 Å². The predicted octanol–water partition coefficient (Wildman–Crippen LogP) is 3.72. The van der Waals surface area contributed by atoms with Gasteiger partial charge in [-0.3, -0.25) is 4.18 Å². The minimum Gasteiger partial charge on any atom is -0.464 e. The molecule has 1 atom stereocenters. The molecule has 0 N–H and O–H groups in total. The average molecular weight is 427 g/mol. The summed E-state index contributed by atoms with van der Waals surface area (Å²) in [6, 6.07) is 15.5. The first kappa shape index (κ1) is 19.6. The first-order chi connectivity index (χ1) is 11.9. The second kappa shape index (κ2) is 9.12. The summed E-state index contributed by atoms with van der Waals surface area (Å²) < 4.78 is 35.7. The highest BCUT2D eigenvalue weighted by Gasteiger charge is 2.28. The zero-order valence-electron chi connectivity index (χ0n) is 13.7. The molecular weight excluding hydrogens is 408 g/mol. The van der Waals surface area contributed by atoms with Crippen LogP contribution in [0.1, 0.15) is 18.9 Å². The van der Waals surface area contributed by atoms with Crippen molar-refractivity contribution in [2.24, 2.45) is 0 Å². The highest BCUT2D eigenvalue weighted by atomic mass is 79.9. The van der Waals surface area contributed by atoms with Crippen molar-refractivity contribution in [3.8, 4) is 0 Å². The third kappa shape index (κ3) is 5.95. The van der Waals surface area contributed by atoms with E-state index < -0.39 is 22.2 Å². The summed E-state index contributed by atoms with van der Waals surface area (Å²) in [4.78, 5) is 12.1. The van der Waals surface area contributed by atoms with Gasteiger partial charge in [-0.15, -0.1) is 0 Å². The van der Waals surface area contributed by atoms with Gasteiger partial charge in [0.2, 0.25) is 0 Å². The fraction of sp³-hybridized carbons (Fsp3) is 0.278. The van der Waals surface area contributed by atoms with Crippen molar-refractivity contribution in [2.75, 3.05) is 6.61 Å². The molecule has 2 aromatic rings. The Balaban J connectivity index is 2.14. The zero-order chi connectivity index (χ0) is 18.3. The van der Waals surface area contributed by atoms with Crippen molar-refractivity contribution in [3.63, 3.8) is 0 Å². The third-order valence-corrected chi connectivity index (χ3v) is 5.30. The molecular formula is C18H19BrO5S. The minimum atomic E-state index is -4.07. The number of hydrogen-bond acceptors (Lipinski definition) is 5. The van der Waals surface area contributed by atoms with Gasteiger partial charge in [0.05, 0.1) is 11.5 Å². The van der Waals surface area contributed by atoms with E-state index >= 15 is 0 Å². The van der Waals surface area contributed by atoms with E-state index in [9.17, 15) is 13.2 Å². The van der Waals surface area contributed by atoms with Crippen molar-refractivity contribution >= 4 is 32.0 Å². The molecule has 0 saturated heterocycles. The number of rotatable bonds is 8. The number of hydrogen-bond donors (Lipinski definition) is 0. The van der Waals surface area contributed by atoms with Gasteiger partial charge in [-0.2, -0.15) is 8.42 Å².